The van der Waals surface area contributed by atoms with Crippen LogP contribution in [0.25, 0.3) is 6.08 Å². The third kappa shape index (κ3) is 4.26. The van der Waals surface area contributed by atoms with Gasteiger partial charge in [0.15, 0.2) is 17.3 Å². The van der Waals surface area contributed by atoms with Crippen LogP contribution in [-0.4, -0.2) is 51.4 Å². The molecule has 0 saturated carbocycles. The third-order valence-corrected chi connectivity index (χ3v) is 4.51. The van der Waals surface area contributed by atoms with Gasteiger partial charge in [0.2, 0.25) is 5.75 Å². The quantitative estimate of drug-likeness (QED) is 0.606. The number of aromatic hydroxyl groups is 1. The number of morpholine rings is 1. The van der Waals surface area contributed by atoms with Crippen LogP contribution in [0.4, 0.5) is 10.1 Å². The molecule has 1 aliphatic rings. The van der Waals surface area contributed by atoms with E-state index in [1.807, 2.05) is 4.90 Å². The molecule has 2 aromatic carbocycles. The van der Waals surface area contributed by atoms with Gasteiger partial charge in [-0.15, -0.1) is 0 Å². The van der Waals surface area contributed by atoms with Gasteiger partial charge in [-0.05, 0) is 42.0 Å². The molecular weight excluding hydrogens is 365 g/mol. The number of carbonyl (C=O) groups is 1. The zero-order valence-corrected chi connectivity index (χ0v) is 15.8. The third-order valence-electron chi connectivity index (χ3n) is 4.51. The van der Waals surface area contributed by atoms with Crippen molar-refractivity contribution in [3.63, 3.8) is 0 Å². The van der Waals surface area contributed by atoms with E-state index in [0.29, 0.717) is 37.6 Å². The van der Waals surface area contributed by atoms with Gasteiger partial charge in [-0.1, -0.05) is 6.08 Å². The van der Waals surface area contributed by atoms with Gasteiger partial charge in [0.05, 0.1) is 33.1 Å². The Morgan fingerprint density at radius 1 is 1.14 bits per heavy atom. The maximum atomic E-state index is 14.5. The first-order valence-electron chi connectivity index (χ1n) is 8.83. The maximum Gasteiger partial charge on any atom is 0.200 e. The first kappa shape index (κ1) is 19.7. The highest BCUT2D eigenvalue weighted by atomic mass is 19.1. The summed E-state index contributed by atoms with van der Waals surface area (Å²) in [5.41, 5.74) is 1.32. The first-order chi connectivity index (χ1) is 13.5. The smallest absolute Gasteiger partial charge is 0.200 e. The number of anilines is 1. The van der Waals surface area contributed by atoms with Crippen molar-refractivity contribution >= 4 is 17.5 Å². The normalized spacial score (nSPS) is 14.3. The van der Waals surface area contributed by atoms with E-state index in [2.05, 4.69) is 0 Å². The van der Waals surface area contributed by atoms with Crippen LogP contribution in [0.1, 0.15) is 15.9 Å². The van der Waals surface area contributed by atoms with E-state index >= 15 is 0 Å². The largest absolute Gasteiger partial charge is 0.502 e. The van der Waals surface area contributed by atoms with E-state index in [4.69, 9.17) is 14.2 Å². The summed E-state index contributed by atoms with van der Waals surface area (Å²) in [6.07, 6.45) is 2.90. The van der Waals surface area contributed by atoms with E-state index in [9.17, 15) is 14.3 Å². The number of phenols is 1. The molecule has 0 aliphatic carbocycles. The van der Waals surface area contributed by atoms with E-state index in [1.54, 1.807) is 30.3 Å². The van der Waals surface area contributed by atoms with Crippen molar-refractivity contribution in [2.75, 3.05) is 45.4 Å². The lowest BCUT2D eigenvalue weighted by Crippen LogP contribution is -2.36. The number of nitrogens with zero attached hydrogens (tertiary/aromatic N) is 1. The molecule has 1 N–H and O–H groups in total. The number of phenolic OH excluding ortho intramolecular Hbond substituents is 1. The van der Waals surface area contributed by atoms with Crippen molar-refractivity contribution in [3.05, 3.63) is 53.4 Å². The molecule has 0 spiro atoms. The number of hydrogen-bond acceptors (Lipinski definition) is 6. The van der Waals surface area contributed by atoms with E-state index in [0.717, 1.165) is 0 Å². The first-order valence-corrected chi connectivity index (χ1v) is 8.83. The number of ketones is 1. The van der Waals surface area contributed by atoms with Crippen LogP contribution in [0.2, 0.25) is 0 Å². The molecule has 3 rings (SSSR count). The molecule has 2 aromatic rings. The minimum atomic E-state index is -0.436. The SMILES string of the molecule is COc1cc(/C=C/C(=O)c2ccc(N3CCOCC3)c(F)c2)cc(OC)c1O. The second kappa shape index (κ2) is 8.75. The molecule has 1 saturated heterocycles. The van der Waals surface area contributed by atoms with Gasteiger partial charge >= 0.3 is 0 Å². The fourth-order valence-electron chi connectivity index (χ4n) is 3.00. The topological polar surface area (TPSA) is 68.2 Å². The molecule has 0 atom stereocenters. The maximum absolute atomic E-state index is 14.5. The number of ether oxygens (including phenoxy) is 3. The summed E-state index contributed by atoms with van der Waals surface area (Å²) in [6, 6.07) is 7.62. The van der Waals surface area contributed by atoms with Crippen LogP contribution < -0.4 is 14.4 Å². The predicted octanol–water partition coefficient (Wildman–Crippen LogP) is 3.28. The standard InChI is InChI=1S/C21H22FNO5/c1-26-19-11-14(12-20(27-2)21(19)25)3-6-18(24)15-4-5-17(16(22)13-15)23-7-9-28-10-8-23/h3-6,11-13,25H,7-10H2,1-2H3/b6-3+. The Morgan fingerprint density at radius 3 is 2.36 bits per heavy atom. The van der Waals surface area contributed by atoms with Crippen molar-refractivity contribution in [1.29, 1.82) is 0 Å². The fourth-order valence-corrected chi connectivity index (χ4v) is 3.00. The Balaban J connectivity index is 1.78. The number of rotatable bonds is 6. The molecule has 0 aromatic heterocycles. The zero-order chi connectivity index (χ0) is 20.1. The van der Waals surface area contributed by atoms with E-state index in [-0.39, 0.29) is 28.6 Å². The molecule has 28 heavy (non-hydrogen) atoms. The Kier molecular flexibility index (Phi) is 6.16. The molecule has 0 bridgehead atoms. The number of halogens is 1. The van der Waals surface area contributed by atoms with Crippen LogP contribution in [0.15, 0.2) is 36.4 Å². The molecule has 0 amide bonds. The molecule has 0 unspecified atom stereocenters. The monoisotopic (exact) mass is 387 g/mol. The van der Waals surface area contributed by atoms with Gasteiger partial charge in [-0.25, -0.2) is 4.39 Å². The van der Waals surface area contributed by atoms with Crippen molar-refractivity contribution in [2.24, 2.45) is 0 Å². The molecular formula is C21H22FNO5. The minimum Gasteiger partial charge on any atom is -0.502 e. The number of allylic oxidation sites excluding steroid dienone is 1. The highest BCUT2D eigenvalue weighted by molar-refractivity contribution is 6.07. The van der Waals surface area contributed by atoms with Gasteiger partial charge in [0.25, 0.3) is 0 Å². The van der Waals surface area contributed by atoms with Crippen LogP contribution in [-0.2, 0) is 4.74 Å². The highest BCUT2D eigenvalue weighted by Gasteiger charge is 2.16. The summed E-state index contributed by atoms with van der Waals surface area (Å²) in [6.45, 7) is 2.36. The summed E-state index contributed by atoms with van der Waals surface area (Å²) in [5.74, 6) is -0.429. The Labute approximate surface area is 162 Å². The molecule has 1 aliphatic heterocycles. The van der Waals surface area contributed by atoms with Gasteiger partial charge in [0, 0.05) is 18.7 Å². The molecule has 1 fully saturated rings. The van der Waals surface area contributed by atoms with Crippen LogP contribution >= 0.6 is 0 Å². The van der Waals surface area contributed by atoms with E-state index in [1.165, 1.54) is 26.4 Å². The molecule has 0 radical (unpaired) electrons. The summed E-state index contributed by atoms with van der Waals surface area (Å²) in [5, 5.41) is 9.94. The van der Waals surface area contributed by atoms with Crippen molar-refractivity contribution in [1.82, 2.24) is 0 Å². The summed E-state index contributed by atoms with van der Waals surface area (Å²) >= 11 is 0. The Bertz CT molecular complexity index is 865. The van der Waals surface area contributed by atoms with Crippen LogP contribution in [0.5, 0.6) is 17.2 Å². The summed E-state index contributed by atoms with van der Waals surface area (Å²) < 4.78 is 29.9. The Hall–Kier alpha value is -3.06. The summed E-state index contributed by atoms with van der Waals surface area (Å²) in [7, 11) is 2.85. The minimum absolute atomic E-state index is 0.116. The second-order valence-corrected chi connectivity index (χ2v) is 6.24. The zero-order valence-electron chi connectivity index (χ0n) is 15.8. The van der Waals surface area contributed by atoms with Gasteiger partial charge < -0.3 is 24.2 Å². The lowest BCUT2D eigenvalue weighted by Gasteiger charge is -2.29. The lowest BCUT2D eigenvalue weighted by molar-refractivity contribution is 0.104. The lowest BCUT2D eigenvalue weighted by atomic mass is 10.1. The highest BCUT2D eigenvalue weighted by Crippen LogP contribution is 2.37. The molecule has 1 heterocycles. The Morgan fingerprint density at radius 2 is 1.79 bits per heavy atom. The van der Waals surface area contributed by atoms with Gasteiger partial charge in [-0.3, -0.25) is 4.79 Å². The summed E-state index contributed by atoms with van der Waals surface area (Å²) in [4.78, 5) is 14.3. The number of benzene rings is 2. The second-order valence-electron chi connectivity index (χ2n) is 6.24. The molecule has 148 valence electrons. The van der Waals surface area contributed by atoms with Crippen LogP contribution in [0.3, 0.4) is 0 Å². The van der Waals surface area contributed by atoms with Gasteiger partial charge in [0.1, 0.15) is 5.82 Å². The number of carbonyl (C=O) groups excluding carboxylic acids is 1. The van der Waals surface area contributed by atoms with Gasteiger partial charge in [-0.2, -0.15) is 0 Å². The average Bonchev–Trinajstić information content (AvgIpc) is 2.73. The number of methoxy groups -OCH3 is 2. The van der Waals surface area contributed by atoms with Crippen molar-refractivity contribution in [3.8, 4) is 17.2 Å². The number of hydrogen-bond donors (Lipinski definition) is 1. The average molecular weight is 387 g/mol. The van der Waals surface area contributed by atoms with Crippen LogP contribution in [0, 0.1) is 5.82 Å². The van der Waals surface area contributed by atoms with Crippen molar-refractivity contribution < 1.29 is 28.5 Å². The fraction of sp³-hybridized carbons (Fsp3) is 0.286. The molecule has 6 nitrogen and oxygen atoms in total. The van der Waals surface area contributed by atoms with E-state index < -0.39 is 5.82 Å². The molecule has 7 heteroatoms. The van der Waals surface area contributed by atoms with Crippen molar-refractivity contribution in [2.45, 2.75) is 0 Å². The predicted molar refractivity (Wildman–Crippen MR) is 104 cm³/mol.